The van der Waals surface area contributed by atoms with Gasteiger partial charge in [-0.1, -0.05) is 31.5 Å². The van der Waals surface area contributed by atoms with Crippen molar-refractivity contribution in [3.63, 3.8) is 0 Å². The minimum absolute atomic E-state index is 0.0443. The number of aromatic amines is 1. The molecule has 0 unspecified atom stereocenters. The lowest BCUT2D eigenvalue weighted by Crippen LogP contribution is -2.42. The van der Waals surface area contributed by atoms with E-state index in [2.05, 4.69) is 56.7 Å². The molecule has 0 aliphatic heterocycles. The topological polar surface area (TPSA) is 98.4 Å². The molecule has 7 nitrogen and oxygen atoms in total. The van der Waals surface area contributed by atoms with Crippen LogP contribution in [0, 0.1) is 5.92 Å². The number of hydrogen-bond donors (Lipinski definition) is 4. The second-order valence-electron chi connectivity index (χ2n) is 7.65. The number of aryl methyl sites for hydroxylation is 1. The zero-order valence-electron chi connectivity index (χ0n) is 17.4. The zero-order valence-corrected chi connectivity index (χ0v) is 18.2. The summed E-state index contributed by atoms with van der Waals surface area (Å²) in [5, 5.41) is 7.62. The fourth-order valence-electron chi connectivity index (χ4n) is 3.63. The predicted octanol–water partition coefficient (Wildman–Crippen LogP) is 2.16. The maximum absolute atomic E-state index is 12.1. The molecule has 1 aromatic carbocycles. The van der Waals surface area contributed by atoms with Gasteiger partial charge in [-0.2, -0.15) is 0 Å². The van der Waals surface area contributed by atoms with Crippen molar-refractivity contribution in [3.05, 3.63) is 35.5 Å². The van der Waals surface area contributed by atoms with E-state index in [1.165, 1.54) is 28.5 Å². The molecule has 0 atom stereocenters. The van der Waals surface area contributed by atoms with E-state index in [1.807, 2.05) is 0 Å². The summed E-state index contributed by atoms with van der Waals surface area (Å²) in [6.45, 7) is 3.78. The van der Waals surface area contributed by atoms with Gasteiger partial charge < -0.3 is 15.6 Å². The van der Waals surface area contributed by atoms with Crippen LogP contribution in [0.1, 0.15) is 37.3 Å². The lowest BCUT2D eigenvalue weighted by molar-refractivity contribution is 0.316. The van der Waals surface area contributed by atoms with Crippen LogP contribution in [0.3, 0.4) is 0 Å². The van der Waals surface area contributed by atoms with E-state index in [0.717, 1.165) is 32.2 Å². The number of para-hydroxylation sites is 1. The number of aromatic nitrogens is 1. The monoisotopic (exact) mass is 419 g/mol. The van der Waals surface area contributed by atoms with Crippen LogP contribution in [0.15, 0.2) is 29.4 Å². The quantitative estimate of drug-likeness (QED) is 0.350. The first-order valence-corrected chi connectivity index (χ1v) is 12.2. The van der Waals surface area contributed by atoms with E-state index in [0.29, 0.717) is 25.0 Å². The standard InChI is InChI=1S/C21H33N5O2S/c1-3-17-8-5-9-19-18(15-25-20(17)19)10-11-23-21(22-2)24-12-13-29(27,28)26-14-16-6-4-7-16/h5,8-9,15-16,25-26H,3-4,6-7,10-14H2,1-2H3,(H2,22,23,24). The van der Waals surface area contributed by atoms with Crippen molar-refractivity contribution in [2.45, 2.75) is 39.0 Å². The summed E-state index contributed by atoms with van der Waals surface area (Å²) in [6.07, 6.45) is 7.41. The first-order valence-electron chi connectivity index (χ1n) is 10.5. The van der Waals surface area contributed by atoms with E-state index >= 15 is 0 Å². The Labute approximate surface area is 173 Å². The van der Waals surface area contributed by atoms with Gasteiger partial charge in [0.2, 0.25) is 10.0 Å². The van der Waals surface area contributed by atoms with Gasteiger partial charge in [0, 0.05) is 43.8 Å². The molecule has 3 rings (SSSR count). The van der Waals surface area contributed by atoms with Gasteiger partial charge >= 0.3 is 0 Å². The summed E-state index contributed by atoms with van der Waals surface area (Å²) >= 11 is 0. The van der Waals surface area contributed by atoms with Crippen LogP contribution in [-0.2, 0) is 22.9 Å². The molecular weight excluding hydrogens is 386 g/mol. The highest BCUT2D eigenvalue weighted by atomic mass is 32.2. The largest absolute Gasteiger partial charge is 0.361 e. The van der Waals surface area contributed by atoms with Crippen LogP contribution >= 0.6 is 0 Å². The van der Waals surface area contributed by atoms with Crippen LogP contribution in [0.4, 0.5) is 0 Å². The SMILES string of the molecule is CCc1cccc2c(CCNC(=NC)NCCS(=O)(=O)NCC3CCC3)c[nH]c12. The summed E-state index contributed by atoms with van der Waals surface area (Å²) in [7, 11) is -1.55. The normalized spacial score (nSPS) is 15.4. The first-order chi connectivity index (χ1) is 14.0. The summed E-state index contributed by atoms with van der Waals surface area (Å²) in [4.78, 5) is 7.58. The average molecular weight is 420 g/mol. The Kier molecular flexibility index (Phi) is 7.55. The Morgan fingerprint density at radius 3 is 2.69 bits per heavy atom. The Morgan fingerprint density at radius 1 is 1.21 bits per heavy atom. The molecule has 1 aliphatic carbocycles. The molecule has 2 aromatic rings. The zero-order chi connectivity index (χ0) is 20.7. The van der Waals surface area contributed by atoms with E-state index in [4.69, 9.17) is 0 Å². The third-order valence-corrected chi connectivity index (χ3v) is 7.01. The van der Waals surface area contributed by atoms with Gasteiger partial charge in [-0.05, 0) is 42.7 Å². The maximum Gasteiger partial charge on any atom is 0.213 e. The first kappa shape index (κ1) is 21.6. The molecule has 0 radical (unpaired) electrons. The molecule has 1 fully saturated rings. The van der Waals surface area contributed by atoms with Gasteiger partial charge in [-0.3, -0.25) is 4.99 Å². The summed E-state index contributed by atoms with van der Waals surface area (Å²) in [5.74, 6) is 1.18. The van der Waals surface area contributed by atoms with Crippen molar-refractivity contribution in [2.75, 3.05) is 32.4 Å². The molecule has 4 N–H and O–H groups in total. The van der Waals surface area contributed by atoms with E-state index in [9.17, 15) is 8.42 Å². The van der Waals surface area contributed by atoms with Gasteiger partial charge in [-0.15, -0.1) is 0 Å². The minimum Gasteiger partial charge on any atom is -0.361 e. The van der Waals surface area contributed by atoms with Crippen molar-refractivity contribution >= 4 is 26.9 Å². The van der Waals surface area contributed by atoms with Crippen LogP contribution in [0.25, 0.3) is 10.9 Å². The molecule has 0 amide bonds. The van der Waals surface area contributed by atoms with Crippen molar-refractivity contribution in [2.24, 2.45) is 10.9 Å². The molecule has 1 heterocycles. The molecular formula is C21H33N5O2S. The number of rotatable bonds is 10. The third-order valence-electron chi connectivity index (χ3n) is 5.66. The van der Waals surface area contributed by atoms with Gasteiger partial charge in [0.25, 0.3) is 0 Å². The van der Waals surface area contributed by atoms with Gasteiger partial charge in [0.05, 0.1) is 5.75 Å². The Morgan fingerprint density at radius 2 is 2.00 bits per heavy atom. The highest BCUT2D eigenvalue weighted by Gasteiger charge is 2.20. The number of nitrogens with one attached hydrogen (secondary N) is 4. The molecule has 0 spiro atoms. The van der Waals surface area contributed by atoms with Gasteiger partial charge in [-0.25, -0.2) is 13.1 Å². The Hall–Kier alpha value is -2.06. The summed E-state index contributed by atoms with van der Waals surface area (Å²) in [5.41, 5.74) is 3.81. The molecule has 8 heteroatoms. The van der Waals surface area contributed by atoms with Crippen molar-refractivity contribution in [1.29, 1.82) is 0 Å². The summed E-state index contributed by atoms with van der Waals surface area (Å²) in [6, 6.07) is 6.41. The fraction of sp³-hybridized carbons (Fsp3) is 0.571. The smallest absolute Gasteiger partial charge is 0.213 e. The number of sulfonamides is 1. The predicted molar refractivity (Wildman–Crippen MR) is 120 cm³/mol. The number of benzene rings is 1. The number of hydrogen-bond acceptors (Lipinski definition) is 3. The van der Waals surface area contributed by atoms with Crippen molar-refractivity contribution in [1.82, 2.24) is 20.3 Å². The van der Waals surface area contributed by atoms with Gasteiger partial charge in [0.1, 0.15) is 0 Å². The summed E-state index contributed by atoms with van der Waals surface area (Å²) < 4.78 is 26.9. The average Bonchev–Trinajstić information content (AvgIpc) is 3.08. The number of fused-ring (bicyclic) bond motifs is 1. The van der Waals surface area contributed by atoms with Crippen LogP contribution < -0.4 is 15.4 Å². The van der Waals surface area contributed by atoms with Crippen molar-refractivity contribution in [3.8, 4) is 0 Å². The lowest BCUT2D eigenvalue weighted by Gasteiger charge is -2.25. The molecule has 1 saturated carbocycles. The number of guanidine groups is 1. The Bertz CT molecular complexity index is 932. The van der Waals surface area contributed by atoms with Crippen LogP contribution in [-0.4, -0.2) is 51.8 Å². The van der Waals surface area contributed by atoms with Crippen molar-refractivity contribution < 1.29 is 8.42 Å². The van der Waals surface area contributed by atoms with E-state index in [1.54, 1.807) is 7.05 Å². The second-order valence-corrected chi connectivity index (χ2v) is 9.57. The number of nitrogens with zero attached hydrogens (tertiary/aromatic N) is 1. The number of H-pyrrole nitrogens is 1. The highest BCUT2D eigenvalue weighted by molar-refractivity contribution is 7.89. The van der Waals surface area contributed by atoms with Crippen LogP contribution in [0.2, 0.25) is 0 Å². The molecule has 1 aliphatic rings. The highest BCUT2D eigenvalue weighted by Crippen LogP contribution is 2.25. The number of aliphatic imine (C=N–C) groups is 1. The molecule has 29 heavy (non-hydrogen) atoms. The molecule has 0 saturated heterocycles. The van der Waals surface area contributed by atoms with E-state index < -0.39 is 10.0 Å². The molecule has 160 valence electrons. The minimum atomic E-state index is -3.24. The van der Waals surface area contributed by atoms with Crippen LogP contribution in [0.5, 0.6) is 0 Å². The molecule has 0 bridgehead atoms. The van der Waals surface area contributed by atoms with E-state index in [-0.39, 0.29) is 5.75 Å². The second kappa shape index (κ2) is 10.1. The molecule has 1 aromatic heterocycles. The third kappa shape index (κ3) is 5.96. The Balaban J connectivity index is 1.41. The maximum atomic E-state index is 12.1. The van der Waals surface area contributed by atoms with Gasteiger partial charge in [0.15, 0.2) is 5.96 Å². The fourth-order valence-corrected chi connectivity index (χ4v) is 4.64. The lowest BCUT2D eigenvalue weighted by atomic mass is 9.86.